The number of aromatic nitrogens is 3. The van der Waals surface area contributed by atoms with Crippen molar-refractivity contribution in [3.8, 4) is 11.1 Å². The molecule has 228 valence electrons. The number of ketones is 3. The van der Waals surface area contributed by atoms with Gasteiger partial charge in [-0.1, -0.05) is 12.1 Å². The van der Waals surface area contributed by atoms with E-state index in [1.165, 1.54) is 25.3 Å². The SMILES string of the molecule is CC(=O)c1cc(-c2cccnc2[C@@H](CC(=O)Cn2nc(C(F)(F)F)c3c2C(=O)CCC3)Cc2cc(F)cc(F)c2)ccc1F. The van der Waals surface area contributed by atoms with Crippen LogP contribution in [0.1, 0.15) is 75.5 Å². The van der Waals surface area contributed by atoms with Gasteiger partial charge in [0, 0.05) is 42.1 Å². The smallest absolute Gasteiger partial charge is 0.298 e. The molecule has 1 aliphatic rings. The van der Waals surface area contributed by atoms with Crippen molar-refractivity contribution in [2.75, 3.05) is 0 Å². The Balaban J connectivity index is 1.54. The molecule has 0 unspecified atom stereocenters. The zero-order valence-corrected chi connectivity index (χ0v) is 23.4. The van der Waals surface area contributed by atoms with Crippen LogP contribution in [0.4, 0.5) is 26.3 Å². The number of nitrogens with zero attached hydrogens (tertiary/aromatic N) is 3. The first-order valence-electron chi connectivity index (χ1n) is 13.7. The van der Waals surface area contributed by atoms with Crippen LogP contribution in [0.5, 0.6) is 0 Å². The minimum atomic E-state index is -4.82. The lowest BCUT2D eigenvalue weighted by Gasteiger charge is -2.20. The molecule has 12 heteroatoms. The van der Waals surface area contributed by atoms with Crippen LogP contribution >= 0.6 is 0 Å². The summed E-state index contributed by atoms with van der Waals surface area (Å²) < 4.78 is 84.4. The maximum atomic E-state index is 14.3. The van der Waals surface area contributed by atoms with Gasteiger partial charge in [0.2, 0.25) is 0 Å². The van der Waals surface area contributed by atoms with Crippen LogP contribution in [-0.2, 0) is 30.4 Å². The molecule has 1 atom stereocenters. The summed E-state index contributed by atoms with van der Waals surface area (Å²) in [5.74, 6) is -4.97. The summed E-state index contributed by atoms with van der Waals surface area (Å²) in [4.78, 5) is 42.5. The summed E-state index contributed by atoms with van der Waals surface area (Å²) in [6, 6.07) is 9.94. The molecule has 4 aromatic rings. The Hall–Kier alpha value is -4.61. The molecule has 2 aromatic carbocycles. The molecular formula is C32H25F6N3O3. The molecule has 0 saturated carbocycles. The van der Waals surface area contributed by atoms with E-state index >= 15 is 0 Å². The quantitative estimate of drug-likeness (QED) is 0.149. The van der Waals surface area contributed by atoms with Crippen LogP contribution in [0.15, 0.2) is 54.7 Å². The number of Topliss-reactive ketones (excluding diaryl/α,β-unsaturated/α-hetero) is 3. The summed E-state index contributed by atoms with van der Waals surface area (Å²) in [5.41, 5.74) is -0.594. The van der Waals surface area contributed by atoms with Gasteiger partial charge in [-0.25, -0.2) is 13.2 Å². The number of carbonyl (C=O) groups excluding carboxylic acids is 3. The van der Waals surface area contributed by atoms with E-state index in [9.17, 15) is 40.7 Å². The molecule has 0 spiro atoms. The number of hydrogen-bond donors (Lipinski definition) is 0. The van der Waals surface area contributed by atoms with E-state index in [-0.39, 0.29) is 60.2 Å². The van der Waals surface area contributed by atoms with Crippen molar-refractivity contribution in [2.45, 2.75) is 57.7 Å². The predicted molar refractivity (Wildman–Crippen MR) is 147 cm³/mol. The Labute approximate surface area is 247 Å². The lowest BCUT2D eigenvalue weighted by Crippen LogP contribution is -2.22. The van der Waals surface area contributed by atoms with Gasteiger partial charge in [0.25, 0.3) is 0 Å². The van der Waals surface area contributed by atoms with E-state index in [1.807, 2.05) is 0 Å². The third-order valence-electron chi connectivity index (χ3n) is 7.50. The van der Waals surface area contributed by atoms with Crippen molar-refractivity contribution in [3.63, 3.8) is 0 Å². The van der Waals surface area contributed by atoms with Gasteiger partial charge in [-0.3, -0.25) is 24.0 Å². The third-order valence-corrected chi connectivity index (χ3v) is 7.50. The van der Waals surface area contributed by atoms with Gasteiger partial charge in [-0.05, 0) is 67.6 Å². The normalized spacial score (nSPS) is 13.9. The third kappa shape index (κ3) is 6.48. The lowest BCUT2D eigenvalue weighted by atomic mass is 9.86. The first-order valence-corrected chi connectivity index (χ1v) is 13.7. The monoisotopic (exact) mass is 613 g/mol. The molecule has 0 saturated heterocycles. The fourth-order valence-corrected chi connectivity index (χ4v) is 5.67. The number of benzene rings is 2. The van der Waals surface area contributed by atoms with Crippen molar-refractivity contribution in [2.24, 2.45) is 0 Å². The maximum Gasteiger partial charge on any atom is 0.435 e. The average Bonchev–Trinajstić information content (AvgIpc) is 3.32. The van der Waals surface area contributed by atoms with Gasteiger partial charge in [0.15, 0.2) is 23.0 Å². The van der Waals surface area contributed by atoms with Crippen molar-refractivity contribution in [3.05, 3.63) is 106 Å². The highest BCUT2D eigenvalue weighted by atomic mass is 19.4. The summed E-state index contributed by atoms with van der Waals surface area (Å²) >= 11 is 0. The van der Waals surface area contributed by atoms with Crippen LogP contribution < -0.4 is 0 Å². The van der Waals surface area contributed by atoms with Crippen LogP contribution in [0.25, 0.3) is 11.1 Å². The van der Waals surface area contributed by atoms with Crippen molar-refractivity contribution in [1.29, 1.82) is 0 Å². The molecule has 0 N–H and O–H groups in total. The first-order chi connectivity index (χ1) is 20.8. The van der Waals surface area contributed by atoms with Crippen LogP contribution in [-0.4, -0.2) is 32.1 Å². The van der Waals surface area contributed by atoms with Gasteiger partial charge >= 0.3 is 6.18 Å². The summed E-state index contributed by atoms with van der Waals surface area (Å²) in [5, 5.41) is 3.61. The second-order valence-electron chi connectivity index (χ2n) is 10.7. The van der Waals surface area contributed by atoms with Crippen molar-refractivity contribution in [1.82, 2.24) is 14.8 Å². The fourth-order valence-electron chi connectivity index (χ4n) is 5.67. The zero-order valence-electron chi connectivity index (χ0n) is 23.4. The molecule has 0 radical (unpaired) electrons. The Morgan fingerprint density at radius 1 is 1.00 bits per heavy atom. The summed E-state index contributed by atoms with van der Waals surface area (Å²) in [6.45, 7) is 0.556. The highest BCUT2D eigenvalue weighted by Gasteiger charge is 2.41. The highest BCUT2D eigenvalue weighted by molar-refractivity contribution is 5.98. The van der Waals surface area contributed by atoms with Crippen LogP contribution in [0.3, 0.4) is 0 Å². The van der Waals surface area contributed by atoms with E-state index in [4.69, 9.17) is 0 Å². The molecule has 0 aliphatic heterocycles. The molecule has 0 bridgehead atoms. The molecule has 44 heavy (non-hydrogen) atoms. The van der Waals surface area contributed by atoms with E-state index in [0.717, 1.165) is 22.9 Å². The van der Waals surface area contributed by atoms with Gasteiger partial charge in [-0.2, -0.15) is 18.3 Å². The molecule has 6 nitrogen and oxygen atoms in total. The predicted octanol–water partition coefficient (Wildman–Crippen LogP) is 7.09. The zero-order chi connectivity index (χ0) is 31.8. The number of hydrogen-bond acceptors (Lipinski definition) is 5. The Morgan fingerprint density at radius 3 is 2.41 bits per heavy atom. The highest BCUT2D eigenvalue weighted by Crippen LogP contribution is 2.37. The van der Waals surface area contributed by atoms with E-state index < -0.39 is 59.1 Å². The Morgan fingerprint density at radius 2 is 1.73 bits per heavy atom. The minimum absolute atomic E-state index is 0.00488. The maximum absolute atomic E-state index is 14.3. The number of carbonyl (C=O) groups is 3. The van der Waals surface area contributed by atoms with Crippen molar-refractivity contribution < 1.29 is 40.7 Å². The standard InChI is InChI=1S/C32H25F6N3O3/c1-17(42)26-14-19(7-8-27(26)35)24-5-3-9-39-29(24)20(10-18-11-21(33)15-22(34)12-18)13-23(43)16-41-30-25(4-2-6-28(30)44)31(40-41)32(36,37)38/h3,5,7-9,11-12,14-15,20H,2,4,6,10,13,16H2,1H3/t20-/m1/s1. The Kier molecular flexibility index (Phi) is 8.53. The molecule has 2 aromatic heterocycles. The summed E-state index contributed by atoms with van der Waals surface area (Å²) in [7, 11) is 0. The van der Waals surface area contributed by atoms with E-state index in [1.54, 1.807) is 12.1 Å². The van der Waals surface area contributed by atoms with Crippen LogP contribution in [0, 0.1) is 17.5 Å². The molecule has 2 heterocycles. The molecule has 5 rings (SSSR count). The largest absolute Gasteiger partial charge is 0.435 e. The first kappa shape index (κ1) is 30.8. The van der Waals surface area contributed by atoms with Gasteiger partial charge in [0.05, 0.1) is 11.3 Å². The Bertz CT molecular complexity index is 1760. The number of pyridine rings is 1. The van der Waals surface area contributed by atoms with Crippen LogP contribution in [0.2, 0.25) is 0 Å². The lowest BCUT2D eigenvalue weighted by molar-refractivity contribution is -0.142. The molecule has 0 fully saturated rings. The number of fused-ring (bicyclic) bond motifs is 1. The van der Waals surface area contributed by atoms with Gasteiger partial charge in [-0.15, -0.1) is 0 Å². The van der Waals surface area contributed by atoms with Gasteiger partial charge < -0.3 is 0 Å². The van der Waals surface area contributed by atoms with Gasteiger partial charge in [0.1, 0.15) is 29.7 Å². The van der Waals surface area contributed by atoms with E-state index in [0.29, 0.717) is 17.2 Å². The van der Waals surface area contributed by atoms with Crippen molar-refractivity contribution >= 4 is 17.3 Å². The number of rotatable bonds is 9. The molecular weight excluding hydrogens is 588 g/mol. The second-order valence-corrected chi connectivity index (χ2v) is 10.7. The van der Waals surface area contributed by atoms with E-state index in [2.05, 4.69) is 10.1 Å². The fraction of sp³-hybridized carbons (Fsp3) is 0.281. The number of alkyl halides is 3. The number of halogens is 6. The molecule has 0 amide bonds. The minimum Gasteiger partial charge on any atom is -0.298 e. The topological polar surface area (TPSA) is 81.9 Å². The summed E-state index contributed by atoms with van der Waals surface area (Å²) in [6.07, 6.45) is -3.60. The second kappa shape index (κ2) is 12.2. The molecule has 1 aliphatic carbocycles. The average molecular weight is 614 g/mol.